The van der Waals surface area contributed by atoms with E-state index in [-0.39, 0.29) is 11.1 Å². The van der Waals surface area contributed by atoms with Crippen molar-refractivity contribution in [2.24, 2.45) is 0 Å². The Labute approximate surface area is 92.2 Å². The predicted molar refractivity (Wildman–Crippen MR) is 60.7 cm³/mol. The molecule has 3 heteroatoms. The van der Waals surface area contributed by atoms with Crippen molar-refractivity contribution in [2.45, 2.75) is 57.5 Å². The lowest BCUT2D eigenvalue weighted by molar-refractivity contribution is -0.140. The minimum atomic E-state index is -0.290. The van der Waals surface area contributed by atoms with Gasteiger partial charge < -0.3 is 10.2 Å². The van der Waals surface area contributed by atoms with Crippen LogP contribution in [0, 0.1) is 0 Å². The summed E-state index contributed by atoms with van der Waals surface area (Å²) in [5, 5.41) is 3.36. The Kier molecular flexibility index (Phi) is 2.53. The quantitative estimate of drug-likeness (QED) is 0.712. The molecule has 15 heavy (non-hydrogen) atoms. The standard InChI is InChI=1S/C12H22N2O/c1-11(2)6-5-9-14(11)10(15)12(3)7-4-8-13-12/h13H,4-9H2,1-3H3. The molecule has 2 heterocycles. The average Bonchev–Trinajstić information content (AvgIpc) is 2.72. The molecule has 2 aliphatic rings. The molecule has 2 fully saturated rings. The molecule has 86 valence electrons. The summed E-state index contributed by atoms with van der Waals surface area (Å²) in [7, 11) is 0. The number of carbonyl (C=O) groups excluding carboxylic acids is 1. The van der Waals surface area contributed by atoms with Crippen LogP contribution >= 0.6 is 0 Å². The number of amides is 1. The number of rotatable bonds is 1. The smallest absolute Gasteiger partial charge is 0.243 e. The highest BCUT2D eigenvalue weighted by atomic mass is 16.2. The lowest BCUT2D eigenvalue weighted by Gasteiger charge is -2.37. The molecular weight excluding hydrogens is 188 g/mol. The molecule has 0 aliphatic carbocycles. The molecule has 2 rings (SSSR count). The average molecular weight is 210 g/mol. The Balaban J connectivity index is 2.13. The minimum absolute atomic E-state index is 0.0599. The van der Waals surface area contributed by atoms with Crippen molar-refractivity contribution in [2.75, 3.05) is 13.1 Å². The summed E-state index contributed by atoms with van der Waals surface area (Å²) in [5.74, 6) is 0.308. The third kappa shape index (κ3) is 1.78. The Morgan fingerprint density at radius 1 is 1.20 bits per heavy atom. The molecule has 3 nitrogen and oxygen atoms in total. The zero-order chi connectivity index (χ0) is 11.1. The molecular formula is C12H22N2O. The van der Waals surface area contributed by atoms with Crippen molar-refractivity contribution in [3.8, 4) is 0 Å². The van der Waals surface area contributed by atoms with E-state index in [0.29, 0.717) is 5.91 Å². The Hall–Kier alpha value is -0.570. The topological polar surface area (TPSA) is 32.3 Å². The van der Waals surface area contributed by atoms with Gasteiger partial charge in [0.25, 0.3) is 0 Å². The molecule has 0 saturated carbocycles. The summed E-state index contributed by atoms with van der Waals surface area (Å²) in [6.45, 7) is 8.32. The summed E-state index contributed by atoms with van der Waals surface area (Å²) >= 11 is 0. The highest BCUT2D eigenvalue weighted by Crippen LogP contribution is 2.32. The number of carbonyl (C=O) groups is 1. The Morgan fingerprint density at radius 3 is 2.40 bits per heavy atom. The number of nitrogens with zero attached hydrogens (tertiary/aromatic N) is 1. The van der Waals surface area contributed by atoms with E-state index in [1.807, 2.05) is 0 Å². The van der Waals surface area contributed by atoms with Crippen LogP contribution in [-0.4, -0.2) is 35.0 Å². The van der Waals surface area contributed by atoms with Crippen LogP contribution in [-0.2, 0) is 4.79 Å². The van der Waals surface area contributed by atoms with E-state index in [1.165, 1.54) is 0 Å². The van der Waals surface area contributed by atoms with E-state index >= 15 is 0 Å². The van der Waals surface area contributed by atoms with Crippen LogP contribution in [0.1, 0.15) is 46.5 Å². The van der Waals surface area contributed by atoms with Crippen molar-refractivity contribution in [1.82, 2.24) is 10.2 Å². The van der Waals surface area contributed by atoms with E-state index in [0.717, 1.165) is 38.8 Å². The van der Waals surface area contributed by atoms with Gasteiger partial charge in [-0.25, -0.2) is 0 Å². The third-order valence-electron chi connectivity index (χ3n) is 3.99. The molecule has 1 atom stereocenters. The molecule has 0 bridgehead atoms. The van der Waals surface area contributed by atoms with Crippen molar-refractivity contribution >= 4 is 5.91 Å². The first-order chi connectivity index (χ1) is 6.96. The number of likely N-dealkylation sites (tertiary alicyclic amines) is 1. The number of hydrogen-bond donors (Lipinski definition) is 1. The maximum absolute atomic E-state index is 12.4. The van der Waals surface area contributed by atoms with Crippen molar-refractivity contribution in [3.05, 3.63) is 0 Å². The summed E-state index contributed by atoms with van der Waals surface area (Å²) in [6, 6.07) is 0. The Morgan fingerprint density at radius 2 is 1.93 bits per heavy atom. The first kappa shape index (κ1) is 10.9. The molecule has 0 aromatic rings. The first-order valence-corrected chi connectivity index (χ1v) is 6.03. The fourth-order valence-electron chi connectivity index (χ4n) is 2.86. The fraction of sp³-hybridized carbons (Fsp3) is 0.917. The maximum Gasteiger partial charge on any atom is 0.243 e. The molecule has 0 spiro atoms. The van der Waals surface area contributed by atoms with Crippen molar-refractivity contribution in [1.29, 1.82) is 0 Å². The zero-order valence-corrected chi connectivity index (χ0v) is 10.1. The van der Waals surface area contributed by atoms with Crippen LogP contribution in [0.4, 0.5) is 0 Å². The third-order valence-corrected chi connectivity index (χ3v) is 3.99. The second-order valence-electron chi connectivity index (χ2n) is 5.74. The summed E-state index contributed by atoms with van der Waals surface area (Å²) in [4.78, 5) is 14.5. The van der Waals surface area contributed by atoms with Gasteiger partial charge >= 0.3 is 0 Å². The van der Waals surface area contributed by atoms with Gasteiger partial charge in [0.1, 0.15) is 0 Å². The van der Waals surface area contributed by atoms with Crippen LogP contribution in [0.15, 0.2) is 0 Å². The van der Waals surface area contributed by atoms with Crippen LogP contribution < -0.4 is 5.32 Å². The van der Waals surface area contributed by atoms with Gasteiger partial charge in [0, 0.05) is 12.1 Å². The molecule has 0 aromatic carbocycles. The second-order valence-corrected chi connectivity index (χ2v) is 5.74. The van der Waals surface area contributed by atoms with Crippen LogP contribution in [0.5, 0.6) is 0 Å². The van der Waals surface area contributed by atoms with Gasteiger partial charge in [-0.2, -0.15) is 0 Å². The van der Waals surface area contributed by atoms with Crippen LogP contribution in [0.2, 0.25) is 0 Å². The monoisotopic (exact) mass is 210 g/mol. The highest BCUT2D eigenvalue weighted by molar-refractivity contribution is 5.87. The summed E-state index contributed by atoms with van der Waals surface area (Å²) < 4.78 is 0. The van der Waals surface area contributed by atoms with Crippen LogP contribution in [0.3, 0.4) is 0 Å². The lowest BCUT2D eigenvalue weighted by Crippen LogP contribution is -2.56. The molecule has 1 N–H and O–H groups in total. The minimum Gasteiger partial charge on any atom is -0.336 e. The molecule has 0 aromatic heterocycles. The largest absolute Gasteiger partial charge is 0.336 e. The lowest BCUT2D eigenvalue weighted by atomic mass is 9.95. The van der Waals surface area contributed by atoms with Crippen molar-refractivity contribution in [3.63, 3.8) is 0 Å². The van der Waals surface area contributed by atoms with E-state index in [9.17, 15) is 4.79 Å². The van der Waals surface area contributed by atoms with E-state index in [1.54, 1.807) is 0 Å². The molecule has 2 saturated heterocycles. The number of nitrogens with one attached hydrogen (secondary N) is 1. The van der Waals surface area contributed by atoms with E-state index in [2.05, 4.69) is 31.0 Å². The van der Waals surface area contributed by atoms with Gasteiger partial charge in [-0.1, -0.05) is 0 Å². The van der Waals surface area contributed by atoms with Crippen molar-refractivity contribution < 1.29 is 4.79 Å². The predicted octanol–water partition coefficient (Wildman–Crippen LogP) is 1.53. The van der Waals surface area contributed by atoms with E-state index < -0.39 is 0 Å². The van der Waals surface area contributed by atoms with Gasteiger partial charge in [-0.3, -0.25) is 4.79 Å². The SMILES string of the molecule is CC1(C(=O)N2CCCC2(C)C)CCCN1. The number of hydrogen-bond acceptors (Lipinski definition) is 2. The van der Waals surface area contributed by atoms with Gasteiger partial charge in [-0.15, -0.1) is 0 Å². The molecule has 0 radical (unpaired) electrons. The second kappa shape index (κ2) is 3.48. The summed E-state index contributed by atoms with van der Waals surface area (Å²) in [5.41, 5.74) is -0.230. The van der Waals surface area contributed by atoms with Gasteiger partial charge in [0.05, 0.1) is 5.54 Å². The van der Waals surface area contributed by atoms with Crippen LogP contribution in [0.25, 0.3) is 0 Å². The highest BCUT2D eigenvalue weighted by Gasteiger charge is 2.45. The Bertz CT molecular complexity index is 267. The van der Waals surface area contributed by atoms with Gasteiger partial charge in [0.2, 0.25) is 5.91 Å². The van der Waals surface area contributed by atoms with Gasteiger partial charge in [-0.05, 0) is 53.0 Å². The normalized spacial score (nSPS) is 34.7. The zero-order valence-electron chi connectivity index (χ0n) is 10.1. The molecule has 1 amide bonds. The summed E-state index contributed by atoms with van der Waals surface area (Å²) in [6.07, 6.45) is 4.39. The van der Waals surface area contributed by atoms with E-state index in [4.69, 9.17) is 0 Å². The fourth-order valence-corrected chi connectivity index (χ4v) is 2.86. The molecule has 2 aliphatic heterocycles. The molecule has 1 unspecified atom stereocenters. The first-order valence-electron chi connectivity index (χ1n) is 6.03. The van der Waals surface area contributed by atoms with Gasteiger partial charge in [0.15, 0.2) is 0 Å². The maximum atomic E-state index is 12.4.